The van der Waals surface area contributed by atoms with Crippen molar-refractivity contribution >= 4 is 23.0 Å². The summed E-state index contributed by atoms with van der Waals surface area (Å²) >= 11 is -2.19. The summed E-state index contributed by atoms with van der Waals surface area (Å²) in [5, 5.41) is 4.91. The number of hydrogen-bond acceptors (Lipinski definition) is 3. The van der Waals surface area contributed by atoms with Crippen LogP contribution < -0.4 is 5.43 Å². The van der Waals surface area contributed by atoms with E-state index < -0.39 is 17.3 Å². The number of rotatable bonds is 4. The smallest absolute Gasteiger partial charge is 0.292 e. The summed E-state index contributed by atoms with van der Waals surface area (Å²) in [7, 11) is 0. The molecule has 1 rings (SSSR count). The van der Waals surface area contributed by atoms with Gasteiger partial charge in [-0.1, -0.05) is 6.92 Å². The van der Waals surface area contributed by atoms with Gasteiger partial charge in [0.25, 0.3) is 11.3 Å². The first kappa shape index (κ1) is 12.1. The van der Waals surface area contributed by atoms with E-state index in [1.54, 1.807) is 6.92 Å². The molecule has 86 valence electrons. The van der Waals surface area contributed by atoms with Crippen LogP contribution >= 0.6 is 0 Å². The van der Waals surface area contributed by atoms with Crippen molar-refractivity contribution in [2.24, 2.45) is 5.10 Å². The lowest BCUT2D eigenvalue weighted by Crippen LogP contribution is -2.55. The van der Waals surface area contributed by atoms with E-state index in [9.17, 15) is 9.00 Å². The van der Waals surface area contributed by atoms with Gasteiger partial charge in [0.1, 0.15) is 0 Å². The largest absolute Gasteiger partial charge is 0.353 e. The van der Waals surface area contributed by atoms with Crippen molar-refractivity contribution in [2.75, 3.05) is 13.1 Å². The molecular formula is C7H14N4O3S. The van der Waals surface area contributed by atoms with Gasteiger partial charge in [-0.2, -0.15) is 5.10 Å². The lowest BCUT2D eigenvalue weighted by molar-refractivity contribution is 0.0990. The van der Waals surface area contributed by atoms with Crippen LogP contribution in [0.4, 0.5) is 4.79 Å². The van der Waals surface area contributed by atoms with Gasteiger partial charge in [-0.3, -0.25) is 4.55 Å². The van der Waals surface area contributed by atoms with E-state index in [-0.39, 0.29) is 6.54 Å². The highest BCUT2D eigenvalue weighted by Crippen LogP contribution is 2.06. The molecule has 0 fully saturated rings. The Morgan fingerprint density at radius 3 is 2.93 bits per heavy atom. The fourth-order valence-corrected chi connectivity index (χ4v) is 1.82. The maximum absolute atomic E-state index is 11.4. The van der Waals surface area contributed by atoms with Crippen LogP contribution in [-0.2, 0) is 11.3 Å². The molecule has 0 aromatic rings. The Hall–Kier alpha value is -0.990. The summed E-state index contributed by atoms with van der Waals surface area (Å²) in [6.45, 7) is 4.17. The summed E-state index contributed by atoms with van der Waals surface area (Å²) in [6, 6.07) is -0.489. The number of hydrazone groups is 1. The molecule has 1 atom stereocenters. The van der Waals surface area contributed by atoms with Crippen molar-refractivity contribution in [2.45, 2.75) is 20.3 Å². The van der Waals surface area contributed by atoms with E-state index in [2.05, 4.69) is 10.5 Å². The van der Waals surface area contributed by atoms with Crippen molar-refractivity contribution in [3.63, 3.8) is 0 Å². The van der Waals surface area contributed by atoms with Crippen molar-refractivity contribution in [1.29, 1.82) is 0 Å². The molecule has 0 aromatic carbocycles. The Kier molecular flexibility index (Phi) is 4.18. The standard InChI is InChI=1S/C7H14N4O3S/c1-3-4-11(15(13)14)10-5-6(2)8-9-7(10)12/h3-5H2,1-2H3,(H,9,12)(H,13,14). The third kappa shape index (κ3) is 2.98. The molecule has 1 unspecified atom stereocenters. The molecule has 0 saturated carbocycles. The number of carbonyl (C=O) groups excluding carboxylic acids is 1. The zero-order valence-corrected chi connectivity index (χ0v) is 9.45. The molecular weight excluding hydrogens is 220 g/mol. The maximum atomic E-state index is 11.4. The Morgan fingerprint density at radius 2 is 2.40 bits per heavy atom. The summed E-state index contributed by atoms with van der Waals surface area (Å²) in [5.74, 6) is 0. The SMILES string of the molecule is CCCN(N1CC(C)=NNC1=O)S(=O)O. The average Bonchev–Trinajstić information content (AvgIpc) is 2.18. The molecule has 1 aliphatic rings. The lowest BCUT2D eigenvalue weighted by Gasteiger charge is -2.32. The van der Waals surface area contributed by atoms with Crippen LogP contribution in [0, 0.1) is 0 Å². The molecule has 1 heterocycles. The molecule has 0 radical (unpaired) electrons. The lowest BCUT2D eigenvalue weighted by atomic mass is 10.4. The van der Waals surface area contributed by atoms with Gasteiger partial charge in [0.05, 0.1) is 12.3 Å². The van der Waals surface area contributed by atoms with Crippen LogP contribution in [0.5, 0.6) is 0 Å². The molecule has 0 aliphatic carbocycles. The first-order valence-electron chi connectivity index (χ1n) is 4.55. The predicted molar refractivity (Wildman–Crippen MR) is 56.1 cm³/mol. The number of carbonyl (C=O) groups is 1. The second kappa shape index (κ2) is 5.19. The minimum Gasteiger partial charge on any atom is -0.292 e. The average molecular weight is 234 g/mol. The van der Waals surface area contributed by atoms with Gasteiger partial charge >= 0.3 is 6.03 Å². The number of amides is 2. The van der Waals surface area contributed by atoms with Crippen molar-refractivity contribution in [3.8, 4) is 0 Å². The molecule has 1 aliphatic heterocycles. The van der Waals surface area contributed by atoms with Gasteiger partial charge in [0.15, 0.2) is 0 Å². The molecule has 2 amide bonds. The Bertz CT molecular complexity index is 307. The highest BCUT2D eigenvalue weighted by atomic mass is 32.2. The van der Waals surface area contributed by atoms with E-state index in [0.717, 1.165) is 4.41 Å². The van der Waals surface area contributed by atoms with Gasteiger partial charge in [0.2, 0.25) is 0 Å². The van der Waals surface area contributed by atoms with Gasteiger partial charge in [0, 0.05) is 6.54 Å². The first-order chi connectivity index (χ1) is 7.06. The van der Waals surface area contributed by atoms with Crippen LogP contribution in [0.15, 0.2) is 5.10 Å². The zero-order chi connectivity index (χ0) is 11.4. The zero-order valence-electron chi connectivity index (χ0n) is 8.63. The number of nitrogens with one attached hydrogen (secondary N) is 1. The van der Waals surface area contributed by atoms with Gasteiger partial charge in [-0.25, -0.2) is 19.4 Å². The second-order valence-corrected chi connectivity index (χ2v) is 4.01. The third-order valence-electron chi connectivity index (χ3n) is 1.82. The van der Waals surface area contributed by atoms with Crippen LogP contribution in [0.1, 0.15) is 20.3 Å². The molecule has 15 heavy (non-hydrogen) atoms. The fraction of sp³-hybridized carbons (Fsp3) is 0.714. The molecule has 0 saturated heterocycles. The van der Waals surface area contributed by atoms with E-state index in [4.69, 9.17) is 4.55 Å². The monoisotopic (exact) mass is 234 g/mol. The van der Waals surface area contributed by atoms with E-state index in [1.165, 1.54) is 5.01 Å². The first-order valence-corrected chi connectivity index (χ1v) is 5.61. The normalized spacial score (nSPS) is 18.8. The predicted octanol–water partition coefficient (Wildman–Crippen LogP) is 0.151. The second-order valence-electron chi connectivity index (χ2n) is 3.13. The van der Waals surface area contributed by atoms with Crippen molar-refractivity contribution in [3.05, 3.63) is 0 Å². The highest BCUT2D eigenvalue weighted by Gasteiger charge is 2.27. The Labute approximate surface area is 90.5 Å². The molecule has 0 spiro atoms. The summed E-state index contributed by atoms with van der Waals surface area (Å²) in [4.78, 5) is 11.4. The van der Waals surface area contributed by atoms with Crippen molar-refractivity contribution < 1.29 is 13.6 Å². The minimum absolute atomic E-state index is 0.234. The summed E-state index contributed by atoms with van der Waals surface area (Å²) in [6.07, 6.45) is 0.673. The van der Waals surface area contributed by atoms with E-state index in [1.807, 2.05) is 6.92 Å². The van der Waals surface area contributed by atoms with Crippen molar-refractivity contribution in [1.82, 2.24) is 14.8 Å². The molecule has 2 N–H and O–H groups in total. The van der Waals surface area contributed by atoms with Gasteiger partial charge in [-0.15, -0.1) is 4.41 Å². The molecule has 0 bridgehead atoms. The quantitative estimate of drug-likeness (QED) is 0.679. The van der Waals surface area contributed by atoms with Gasteiger partial charge in [-0.05, 0) is 13.3 Å². The molecule has 7 nitrogen and oxygen atoms in total. The Morgan fingerprint density at radius 1 is 1.73 bits per heavy atom. The van der Waals surface area contributed by atoms with Crippen LogP contribution in [-0.4, -0.2) is 43.0 Å². The maximum Gasteiger partial charge on any atom is 0.353 e. The Balaban J connectivity index is 2.79. The topological polar surface area (TPSA) is 85.2 Å². The number of hydrogen-bond donors (Lipinski definition) is 2. The minimum atomic E-state index is -2.19. The highest BCUT2D eigenvalue weighted by molar-refractivity contribution is 7.76. The van der Waals surface area contributed by atoms with E-state index in [0.29, 0.717) is 18.7 Å². The van der Waals surface area contributed by atoms with E-state index >= 15 is 0 Å². The van der Waals surface area contributed by atoms with Crippen LogP contribution in [0.3, 0.4) is 0 Å². The molecule has 0 aromatic heterocycles. The number of hydrazine groups is 1. The van der Waals surface area contributed by atoms with Crippen LogP contribution in [0.25, 0.3) is 0 Å². The molecule has 8 heteroatoms. The van der Waals surface area contributed by atoms with Crippen LogP contribution in [0.2, 0.25) is 0 Å². The van der Waals surface area contributed by atoms with Gasteiger partial charge < -0.3 is 0 Å². The summed E-state index contributed by atoms with van der Waals surface area (Å²) < 4.78 is 21.2. The summed E-state index contributed by atoms with van der Waals surface area (Å²) in [5.41, 5.74) is 2.94. The number of nitrogens with zero attached hydrogens (tertiary/aromatic N) is 3. The fourth-order valence-electron chi connectivity index (χ4n) is 1.18. The third-order valence-corrected chi connectivity index (χ3v) is 2.56. The number of urea groups is 1.